The average Bonchev–Trinajstić information content (AvgIpc) is 3.46. The van der Waals surface area contributed by atoms with E-state index in [-0.39, 0.29) is 31.1 Å². The van der Waals surface area contributed by atoms with Crippen molar-refractivity contribution in [2.75, 3.05) is 13.2 Å². The van der Waals surface area contributed by atoms with Crippen LogP contribution in [0.4, 0.5) is 0 Å². The molecule has 0 fully saturated rings. The fraction of sp³-hybridized carbons (Fsp3) is 0.878. The summed E-state index contributed by atoms with van der Waals surface area (Å²) < 4.78 is 17.0. The molecule has 0 heterocycles. The number of carbonyl (C=O) groups excluding carboxylic acids is 3. The van der Waals surface area contributed by atoms with Gasteiger partial charge in [-0.15, -0.1) is 0 Å². The molecule has 0 radical (unpaired) electrons. The summed E-state index contributed by atoms with van der Waals surface area (Å²) in [4.78, 5) is 38.5. The van der Waals surface area contributed by atoms with Gasteiger partial charge in [-0.2, -0.15) is 0 Å². The monoisotopic (exact) mass is 1120 g/mol. The molecule has 6 heteroatoms. The smallest absolute Gasteiger partial charge is 0.306 e. The van der Waals surface area contributed by atoms with Gasteiger partial charge in [-0.1, -0.05) is 359 Å². The van der Waals surface area contributed by atoms with Crippen molar-refractivity contribution in [2.24, 2.45) is 0 Å². The van der Waals surface area contributed by atoms with E-state index in [2.05, 4.69) is 57.2 Å². The van der Waals surface area contributed by atoms with Crippen molar-refractivity contribution < 1.29 is 28.6 Å². The standard InChI is InChI=1S/C74H138O6/c1-4-7-10-13-16-19-22-25-28-31-33-34-35-36-37-38-39-40-42-43-46-49-52-55-58-61-64-67-73(76)79-70-71(69-78-72(75)66-63-60-57-54-51-48-45-30-27-24-21-18-15-12-9-6-3)80-74(77)68-65-62-59-56-53-50-47-44-41-32-29-26-23-20-17-14-11-8-5-2/h22,25,31,33,35-36,71H,4-21,23-24,26-30,32,34,37-70H2,1-3H3/b25-22-,33-31-,36-35-. The van der Waals surface area contributed by atoms with E-state index in [0.29, 0.717) is 19.3 Å². The minimum atomic E-state index is -0.770. The fourth-order valence-corrected chi connectivity index (χ4v) is 11.0. The number of hydrogen-bond donors (Lipinski definition) is 0. The van der Waals surface area contributed by atoms with Gasteiger partial charge in [-0.05, 0) is 57.8 Å². The maximum atomic E-state index is 13.0. The van der Waals surface area contributed by atoms with E-state index in [4.69, 9.17) is 14.2 Å². The van der Waals surface area contributed by atoms with Crippen molar-refractivity contribution in [3.63, 3.8) is 0 Å². The van der Waals surface area contributed by atoms with Gasteiger partial charge in [0.15, 0.2) is 6.10 Å². The van der Waals surface area contributed by atoms with Crippen LogP contribution in [0.25, 0.3) is 0 Å². The van der Waals surface area contributed by atoms with Gasteiger partial charge in [0.1, 0.15) is 13.2 Å². The van der Waals surface area contributed by atoms with Crippen molar-refractivity contribution in [3.05, 3.63) is 36.5 Å². The largest absolute Gasteiger partial charge is 0.462 e. The Balaban J connectivity index is 4.26. The van der Waals surface area contributed by atoms with E-state index < -0.39 is 6.10 Å². The second-order valence-corrected chi connectivity index (χ2v) is 24.5. The zero-order valence-corrected chi connectivity index (χ0v) is 54.1. The van der Waals surface area contributed by atoms with Crippen LogP contribution in [0.15, 0.2) is 36.5 Å². The zero-order chi connectivity index (χ0) is 57.8. The first kappa shape index (κ1) is 77.6. The second-order valence-electron chi connectivity index (χ2n) is 24.5. The summed E-state index contributed by atoms with van der Waals surface area (Å²) in [6.07, 6.45) is 86.0. The summed E-state index contributed by atoms with van der Waals surface area (Å²) >= 11 is 0. The van der Waals surface area contributed by atoms with Gasteiger partial charge in [0.25, 0.3) is 0 Å². The van der Waals surface area contributed by atoms with Crippen LogP contribution in [0.5, 0.6) is 0 Å². The lowest BCUT2D eigenvalue weighted by Gasteiger charge is -2.18. The summed E-state index contributed by atoms with van der Waals surface area (Å²) in [5.41, 5.74) is 0. The van der Waals surface area contributed by atoms with E-state index in [0.717, 1.165) is 70.6 Å². The Morgan fingerprint density at radius 2 is 0.450 bits per heavy atom. The normalized spacial score (nSPS) is 12.2. The van der Waals surface area contributed by atoms with Crippen molar-refractivity contribution in [1.29, 1.82) is 0 Å². The molecule has 6 nitrogen and oxygen atoms in total. The molecule has 0 aromatic heterocycles. The Kier molecular flexibility index (Phi) is 67.1. The molecule has 0 aromatic rings. The first-order valence-electron chi connectivity index (χ1n) is 36.0. The predicted molar refractivity (Wildman–Crippen MR) is 349 cm³/mol. The van der Waals surface area contributed by atoms with Crippen LogP contribution in [0.3, 0.4) is 0 Å². The first-order valence-corrected chi connectivity index (χ1v) is 36.0. The van der Waals surface area contributed by atoms with Crippen LogP contribution < -0.4 is 0 Å². The Labute approximate surface area is 499 Å². The quantitative estimate of drug-likeness (QED) is 0.0261. The predicted octanol–water partition coefficient (Wildman–Crippen LogP) is 24.7. The van der Waals surface area contributed by atoms with Crippen molar-refractivity contribution >= 4 is 17.9 Å². The Bertz CT molecular complexity index is 1340. The van der Waals surface area contributed by atoms with Gasteiger partial charge in [-0.3, -0.25) is 14.4 Å². The van der Waals surface area contributed by atoms with Crippen molar-refractivity contribution in [3.8, 4) is 0 Å². The maximum absolute atomic E-state index is 13.0. The molecular formula is C74H138O6. The highest BCUT2D eigenvalue weighted by Crippen LogP contribution is 2.19. The number of carbonyl (C=O) groups is 3. The molecule has 0 spiro atoms. The highest BCUT2D eigenvalue weighted by atomic mass is 16.6. The van der Waals surface area contributed by atoms with Gasteiger partial charge in [0.2, 0.25) is 0 Å². The molecule has 0 amide bonds. The third kappa shape index (κ3) is 66.4. The number of ether oxygens (including phenoxy) is 3. The van der Waals surface area contributed by atoms with E-state index in [1.165, 1.54) is 289 Å². The molecule has 0 saturated carbocycles. The topological polar surface area (TPSA) is 78.9 Å². The van der Waals surface area contributed by atoms with Crippen LogP contribution in [-0.4, -0.2) is 37.2 Å². The van der Waals surface area contributed by atoms with Crippen molar-refractivity contribution in [2.45, 2.75) is 406 Å². The highest BCUT2D eigenvalue weighted by molar-refractivity contribution is 5.71. The molecule has 0 aromatic carbocycles. The molecule has 0 saturated heterocycles. The molecule has 1 atom stereocenters. The third-order valence-electron chi connectivity index (χ3n) is 16.4. The Morgan fingerprint density at radius 1 is 0.250 bits per heavy atom. The van der Waals surface area contributed by atoms with Crippen LogP contribution in [0.2, 0.25) is 0 Å². The summed E-state index contributed by atoms with van der Waals surface area (Å²) in [5.74, 6) is -0.834. The van der Waals surface area contributed by atoms with E-state index >= 15 is 0 Å². The van der Waals surface area contributed by atoms with Crippen LogP contribution in [0, 0.1) is 0 Å². The van der Waals surface area contributed by atoms with Gasteiger partial charge >= 0.3 is 17.9 Å². The molecule has 0 aliphatic rings. The number of hydrogen-bond acceptors (Lipinski definition) is 6. The molecule has 1 unspecified atom stereocenters. The third-order valence-corrected chi connectivity index (χ3v) is 16.4. The molecule has 0 aliphatic carbocycles. The molecule has 0 bridgehead atoms. The number of rotatable bonds is 67. The van der Waals surface area contributed by atoms with Crippen LogP contribution in [0.1, 0.15) is 400 Å². The van der Waals surface area contributed by atoms with E-state index in [1.54, 1.807) is 0 Å². The minimum absolute atomic E-state index is 0.0657. The Hall–Kier alpha value is -2.37. The lowest BCUT2D eigenvalue weighted by Crippen LogP contribution is -2.30. The van der Waals surface area contributed by atoms with Crippen LogP contribution >= 0.6 is 0 Å². The average molecular weight is 1120 g/mol. The molecule has 0 aliphatic heterocycles. The van der Waals surface area contributed by atoms with Gasteiger partial charge < -0.3 is 14.2 Å². The fourth-order valence-electron chi connectivity index (χ4n) is 11.0. The minimum Gasteiger partial charge on any atom is -0.462 e. The summed E-state index contributed by atoms with van der Waals surface area (Å²) in [6, 6.07) is 0. The van der Waals surface area contributed by atoms with Crippen LogP contribution in [-0.2, 0) is 28.6 Å². The lowest BCUT2D eigenvalue weighted by molar-refractivity contribution is -0.167. The Morgan fingerprint density at radius 3 is 0.700 bits per heavy atom. The highest BCUT2D eigenvalue weighted by Gasteiger charge is 2.19. The number of unbranched alkanes of at least 4 members (excludes halogenated alkanes) is 50. The number of allylic oxidation sites excluding steroid dienone is 6. The van der Waals surface area contributed by atoms with Crippen molar-refractivity contribution in [1.82, 2.24) is 0 Å². The molecule has 470 valence electrons. The van der Waals surface area contributed by atoms with Gasteiger partial charge in [-0.25, -0.2) is 0 Å². The molecule has 80 heavy (non-hydrogen) atoms. The number of esters is 3. The lowest BCUT2D eigenvalue weighted by atomic mass is 10.0. The second kappa shape index (κ2) is 69.1. The first-order chi connectivity index (χ1) is 39.5. The molecular weight excluding hydrogens is 985 g/mol. The molecule has 0 rings (SSSR count). The summed E-state index contributed by atoms with van der Waals surface area (Å²) in [7, 11) is 0. The summed E-state index contributed by atoms with van der Waals surface area (Å²) in [6.45, 7) is 6.71. The van der Waals surface area contributed by atoms with E-state index in [9.17, 15) is 14.4 Å². The maximum Gasteiger partial charge on any atom is 0.306 e. The van der Waals surface area contributed by atoms with E-state index in [1.807, 2.05) is 0 Å². The molecule has 0 N–H and O–H groups in total. The van der Waals surface area contributed by atoms with Gasteiger partial charge in [0, 0.05) is 19.3 Å². The van der Waals surface area contributed by atoms with Gasteiger partial charge in [0.05, 0.1) is 0 Å². The summed E-state index contributed by atoms with van der Waals surface area (Å²) in [5, 5.41) is 0. The zero-order valence-electron chi connectivity index (χ0n) is 54.1. The SMILES string of the molecule is CCCCCCC/C=C\C/C=C\C/C=C\CCCCCCCCCCCCCCC(=O)OCC(COC(=O)CCCCCCCCCCCCCCCCCC)OC(=O)CCCCCCCCCCCCCCCCCCCCC.